The molecule has 1 aromatic carbocycles. The highest BCUT2D eigenvalue weighted by atomic mass is 32.1. The van der Waals surface area contributed by atoms with E-state index in [0.717, 1.165) is 55.8 Å². The molecule has 0 saturated carbocycles. The summed E-state index contributed by atoms with van der Waals surface area (Å²) in [5.41, 5.74) is 1.75. The lowest BCUT2D eigenvalue weighted by atomic mass is 10.1. The molecule has 2 N–H and O–H groups in total. The first kappa shape index (κ1) is 18.2. The second-order valence-corrected chi connectivity index (χ2v) is 8.09. The summed E-state index contributed by atoms with van der Waals surface area (Å²) >= 11 is 1.84. The minimum absolute atomic E-state index is 0.354. The number of hydrogen-bond donors (Lipinski definition) is 2. The van der Waals surface area contributed by atoms with Crippen molar-refractivity contribution < 1.29 is 23.7 Å². The van der Waals surface area contributed by atoms with Gasteiger partial charge in [0.2, 0.25) is 5.76 Å². The Bertz CT molecular complexity index is 895. The third-order valence-electron chi connectivity index (χ3n) is 5.25. The number of benzene rings is 1. The number of furan rings is 1. The summed E-state index contributed by atoms with van der Waals surface area (Å²) in [5, 5.41) is 3.18. The van der Waals surface area contributed by atoms with Crippen molar-refractivity contribution in [3.63, 3.8) is 0 Å². The zero-order valence-electron chi connectivity index (χ0n) is 15.6. The van der Waals surface area contributed by atoms with Gasteiger partial charge in [0.05, 0.1) is 17.0 Å². The highest BCUT2D eigenvalue weighted by molar-refractivity contribution is 7.09. The van der Waals surface area contributed by atoms with Crippen LogP contribution in [-0.2, 0) is 17.8 Å². The van der Waals surface area contributed by atoms with Gasteiger partial charge in [-0.15, -0.1) is 11.3 Å². The van der Waals surface area contributed by atoms with Crippen LogP contribution >= 0.6 is 11.3 Å². The molecule has 5 nitrogen and oxygen atoms in total. The minimum atomic E-state index is -0.356. The predicted molar refractivity (Wildman–Crippen MR) is 105 cm³/mol. The Kier molecular flexibility index (Phi) is 5.57. The molecular formula is C21H26N2O3S+2. The number of para-hydroxylation sites is 1. The van der Waals surface area contributed by atoms with Crippen LogP contribution in [0.15, 0.2) is 46.2 Å². The average Bonchev–Trinajstić information content (AvgIpc) is 3.32. The molecule has 0 spiro atoms. The highest BCUT2D eigenvalue weighted by Crippen LogP contribution is 2.26. The summed E-state index contributed by atoms with van der Waals surface area (Å²) in [6.07, 6.45) is 0. The number of piperazine rings is 1. The van der Waals surface area contributed by atoms with E-state index in [1.807, 2.05) is 42.5 Å². The van der Waals surface area contributed by atoms with Crippen molar-refractivity contribution in [1.82, 2.24) is 0 Å². The van der Waals surface area contributed by atoms with Crippen molar-refractivity contribution in [2.45, 2.75) is 20.0 Å². The number of esters is 1. The summed E-state index contributed by atoms with van der Waals surface area (Å²) < 4.78 is 11.1. The molecule has 0 atom stereocenters. The molecule has 3 aromatic rings. The zero-order valence-corrected chi connectivity index (χ0v) is 16.4. The topological polar surface area (TPSA) is 48.3 Å². The lowest BCUT2D eigenvalue weighted by molar-refractivity contribution is -1.02. The summed E-state index contributed by atoms with van der Waals surface area (Å²) in [5.74, 6) is 0.0176. The van der Waals surface area contributed by atoms with E-state index in [-0.39, 0.29) is 5.97 Å². The fraction of sp³-hybridized carbons (Fsp3) is 0.381. The van der Waals surface area contributed by atoms with Gasteiger partial charge in [0.25, 0.3) is 0 Å². The van der Waals surface area contributed by atoms with E-state index in [4.69, 9.17) is 9.15 Å². The zero-order chi connectivity index (χ0) is 18.6. The van der Waals surface area contributed by atoms with Crippen molar-refractivity contribution in [3.8, 4) is 0 Å². The average molecular weight is 387 g/mol. The predicted octanol–water partition coefficient (Wildman–Crippen LogP) is 1.15. The van der Waals surface area contributed by atoms with Gasteiger partial charge in [0.15, 0.2) is 0 Å². The number of ether oxygens (including phenoxy) is 1. The molecule has 4 rings (SSSR count). The maximum Gasteiger partial charge on any atom is 0.374 e. The quantitative estimate of drug-likeness (QED) is 0.625. The standard InChI is InChI=1S/C21H24N2O3S/c1-2-25-21(24)20-18(17-7-3-4-8-19(17)26-20)15-23-11-9-22(10-12-23)14-16-6-5-13-27-16/h3-8,13H,2,9-12,14-15H2,1H3/p+2. The van der Waals surface area contributed by atoms with E-state index < -0.39 is 0 Å². The van der Waals surface area contributed by atoms with Gasteiger partial charge in [0.1, 0.15) is 44.9 Å². The van der Waals surface area contributed by atoms with Gasteiger partial charge in [-0.1, -0.05) is 24.3 Å². The van der Waals surface area contributed by atoms with Crippen molar-refractivity contribution >= 4 is 28.3 Å². The molecule has 2 aromatic heterocycles. The molecular weight excluding hydrogens is 360 g/mol. The number of carbonyl (C=O) groups excluding carboxylic acids is 1. The molecule has 27 heavy (non-hydrogen) atoms. The summed E-state index contributed by atoms with van der Waals surface area (Å²) in [6, 6.07) is 12.2. The van der Waals surface area contributed by atoms with Crippen LogP contribution in [0.5, 0.6) is 0 Å². The molecule has 0 radical (unpaired) electrons. The summed E-state index contributed by atoms with van der Waals surface area (Å²) in [6.45, 7) is 8.60. The molecule has 3 heterocycles. The Balaban J connectivity index is 1.47. The van der Waals surface area contributed by atoms with Gasteiger partial charge in [0, 0.05) is 5.39 Å². The van der Waals surface area contributed by atoms with E-state index in [9.17, 15) is 4.79 Å². The van der Waals surface area contributed by atoms with E-state index in [0.29, 0.717) is 12.4 Å². The van der Waals surface area contributed by atoms with E-state index >= 15 is 0 Å². The van der Waals surface area contributed by atoms with E-state index in [1.54, 1.807) is 4.90 Å². The second-order valence-electron chi connectivity index (χ2n) is 7.06. The maximum atomic E-state index is 12.4. The molecule has 0 unspecified atom stereocenters. The number of hydrogen-bond acceptors (Lipinski definition) is 4. The molecule has 1 fully saturated rings. The number of thiophene rings is 1. The monoisotopic (exact) mass is 386 g/mol. The number of nitrogens with one attached hydrogen (secondary N) is 2. The first-order valence-electron chi connectivity index (χ1n) is 9.61. The minimum Gasteiger partial charge on any atom is -0.460 e. The van der Waals surface area contributed by atoms with Crippen LogP contribution in [0.2, 0.25) is 0 Å². The number of rotatable bonds is 6. The third kappa shape index (κ3) is 4.08. The third-order valence-corrected chi connectivity index (χ3v) is 6.13. The van der Waals surface area contributed by atoms with E-state index in [2.05, 4.69) is 17.5 Å². The SMILES string of the molecule is CCOC(=O)c1oc2ccccc2c1C[NH+]1CC[NH+](Cc2cccs2)CC1. The van der Waals surface area contributed by atoms with Crippen LogP contribution in [0.25, 0.3) is 11.0 Å². The molecule has 142 valence electrons. The Labute approximate surface area is 163 Å². The number of fused-ring (bicyclic) bond motifs is 1. The fourth-order valence-electron chi connectivity index (χ4n) is 3.86. The number of carbonyl (C=O) groups is 1. The van der Waals surface area contributed by atoms with Crippen LogP contribution in [0, 0.1) is 0 Å². The van der Waals surface area contributed by atoms with Crippen molar-refractivity contribution in [2.75, 3.05) is 32.8 Å². The second kappa shape index (κ2) is 8.25. The maximum absolute atomic E-state index is 12.4. The smallest absolute Gasteiger partial charge is 0.374 e. The van der Waals surface area contributed by atoms with Crippen LogP contribution in [0.4, 0.5) is 0 Å². The Hall–Kier alpha value is -2.15. The fourth-order valence-corrected chi connectivity index (χ4v) is 4.63. The molecule has 1 aliphatic heterocycles. The van der Waals surface area contributed by atoms with Gasteiger partial charge < -0.3 is 19.0 Å². The molecule has 1 saturated heterocycles. The molecule has 6 heteroatoms. The van der Waals surface area contributed by atoms with Crippen molar-refractivity contribution in [1.29, 1.82) is 0 Å². The molecule has 1 aliphatic rings. The van der Waals surface area contributed by atoms with Crippen LogP contribution in [0.3, 0.4) is 0 Å². The molecule has 0 aliphatic carbocycles. The first-order chi connectivity index (χ1) is 13.2. The normalized spacial score (nSPS) is 20.0. The molecule has 0 bridgehead atoms. The lowest BCUT2D eigenvalue weighted by Gasteiger charge is -2.29. The van der Waals surface area contributed by atoms with Crippen molar-refractivity contribution in [3.05, 3.63) is 58.0 Å². The van der Waals surface area contributed by atoms with Gasteiger partial charge in [-0.25, -0.2) is 4.79 Å². The van der Waals surface area contributed by atoms with Crippen molar-refractivity contribution in [2.24, 2.45) is 0 Å². The van der Waals surface area contributed by atoms with E-state index in [1.165, 1.54) is 9.78 Å². The first-order valence-corrected chi connectivity index (χ1v) is 10.5. The van der Waals surface area contributed by atoms with Crippen LogP contribution in [0.1, 0.15) is 27.9 Å². The largest absolute Gasteiger partial charge is 0.460 e. The summed E-state index contributed by atoms with van der Waals surface area (Å²) in [7, 11) is 0. The Morgan fingerprint density at radius 3 is 2.52 bits per heavy atom. The van der Waals surface area contributed by atoms with Gasteiger partial charge in [-0.2, -0.15) is 0 Å². The number of quaternary nitrogens is 2. The summed E-state index contributed by atoms with van der Waals surface area (Å²) in [4.78, 5) is 17.0. The highest BCUT2D eigenvalue weighted by Gasteiger charge is 2.28. The van der Waals surface area contributed by atoms with Crippen LogP contribution in [-0.4, -0.2) is 38.8 Å². The lowest BCUT2D eigenvalue weighted by Crippen LogP contribution is -3.27. The Morgan fingerprint density at radius 1 is 1.07 bits per heavy atom. The van der Waals surface area contributed by atoms with Gasteiger partial charge in [-0.3, -0.25) is 0 Å². The van der Waals surface area contributed by atoms with Gasteiger partial charge in [-0.05, 0) is 24.4 Å². The van der Waals surface area contributed by atoms with Gasteiger partial charge >= 0.3 is 5.97 Å². The molecule has 0 amide bonds. The Morgan fingerprint density at radius 2 is 1.81 bits per heavy atom. The van der Waals surface area contributed by atoms with Crippen LogP contribution < -0.4 is 9.80 Å².